The number of aliphatic hydroxyl groups is 1. The van der Waals surface area contributed by atoms with E-state index in [-0.39, 0.29) is 12.5 Å². The molecule has 1 heterocycles. The molecule has 0 aliphatic carbocycles. The molecule has 1 unspecified atom stereocenters. The number of carbonyl (C=O) groups is 1. The maximum absolute atomic E-state index is 12.2. The number of hydrogen-bond acceptors (Lipinski definition) is 5. The van der Waals surface area contributed by atoms with E-state index >= 15 is 0 Å². The van der Waals surface area contributed by atoms with Crippen LogP contribution in [-0.2, 0) is 0 Å². The van der Waals surface area contributed by atoms with Crippen LogP contribution in [0.3, 0.4) is 0 Å². The highest BCUT2D eigenvalue weighted by molar-refractivity contribution is 7.99. The highest BCUT2D eigenvalue weighted by atomic mass is 32.2. The Hall–Kier alpha value is -2.05. The van der Waals surface area contributed by atoms with Gasteiger partial charge in [0.1, 0.15) is 5.75 Å². The van der Waals surface area contributed by atoms with E-state index in [9.17, 15) is 9.90 Å². The lowest BCUT2D eigenvalue weighted by atomic mass is 10.1. The van der Waals surface area contributed by atoms with Crippen molar-refractivity contribution in [1.82, 2.24) is 10.3 Å². The number of carbonyl (C=O) groups excluding carboxylic acids is 1. The van der Waals surface area contributed by atoms with Gasteiger partial charge in [-0.3, -0.25) is 4.79 Å². The smallest absolute Gasteiger partial charge is 0.251 e. The average Bonchev–Trinajstić information content (AvgIpc) is 2.60. The lowest BCUT2D eigenvalue weighted by Gasteiger charge is -2.13. The van der Waals surface area contributed by atoms with Gasteiger partial charge in [-0.2, -0.15) is 0 Å². The second-order valence-electron chi connectivity index (χ2n) is 4.81. The van der Waals surface area contributed by atoms with E-state index in [0.29, 0.717) is 5.56 Å². The number of ether oxygens (including phenoxy) is 1. The van der Waals surface area contributed by atoms with Gasteiger partial charge >= 0.3 is 0 Å². The molecule has 0 aliphatic heterocycles. The van der Waals surface area contributed by atoms with Crippen LogP contribution < -0.4 is 10.1 Å². The number of amides is 1. The van der Waals surface area contributed by atoms with E-state index in [1.54, 1.807) is 61.5 Å². The zero-order valence-electron chi connectivity index (χ0n) is 13.2. The quantitative estimate of drug-likeness (QED) is 0.763. The van der Waals surface area contributed by atoms with Gasteiger partial charge in [0.25, 0.3) is 5.91 Å². The van der Waals surface area contributed by atoms with Crippen molar-refractivity contribution in [3.63, 3.8) is 0 Å². The van der Waals surface area contributed by atoms with Gasteiger partial charge < -0.3 is 15.2 Å². The first kappa shape index (κ1) is 17.3. The number of methoxy groups -OCH3 is 1. The van der Waals surface area contributed by atoms with Crippen LogP contribution in [0.15, 0.2) is 47.6 Å². The topological polar surface area (TPSA) is 71.5 Å². The Kier molecular flexibility index (Phi) is 6.43. The molecule has 5 nitrogen and oxygen atoms in total. The Labute approximate surface area is 140 Å². The number of pyridine rings is 1. The summed E-state index contributed by atoms with van der Waals surface area (Å²) in [7, 11) is 1.59. The van der Waals surface area contributed by atoms with Crippen LogP contribution in [0.4, 0.5) is 0 Å². The molecule has 6 heteroatoms. The first-order valence-corrected chi connectivity index (χ1v) is 8.31. The van der Waals surface area contributed by atoms with Crippen LogP contribution in [0.2, 0.25) is 0 Å². The van der Waals surface area contributed by atoms with Crippen molar-refractivity contribution < 1.29 is 14.6 Å². The van der Waals surface area contributed by atoms with E-state index in [2.05, 4.69) is 10.3 Å². The van der Waals surface area contributed by atoms with Crippen molar-refractivity contribution in [1.29, 1.82) is 0 Å². The van der Waals surface area contributed by atoms with Crippen LogP contribution >= 0.6 is 11.8 Å². The molecule has 0 fully saturated rings. The Morgan fingerprint density at radius 2 is 2.09 bits per heavy atom. The molecule has 0 aliphatic rings. The summed E-state index contributed by atoms with van der Waals surface area (Å²) in [6.07, 6.45) is 0.850. The molecule has 0 spiro atoms. The van der Waals surface area contributed by atoms with Crippen molar-refractivity contribution in [2.24, 2.45) is 0 Å². The summed E-state index contributed by atoms with van der Waals surface area (Å²) in [5.41, 5.74) is 1.26. The zero-order chi connectivity index (χ0) is 16.7. The van der Waals surface area contributed by atoms with Crippen LogP contribution in [-0.4, -0.2) is 35.4 Å². The predicted molar refractivity (Wildman–Crippen MR) is 90.9 cm³/mol. The largest absolute Gasteiger partial charge is 0.497 e. The highest BCUT2D eigenvalue weighted by Crippen LogP contribution is 2.18. The van der Waals surface area contributed by atoms with Gasteiger partial charge in [0.05, 0.1) is 18.2 Å². The maximum Gasteiger partial charge on any atom is 0.251 e. The summed E-state index contributed by atoms with van der Waals surface area (Å²) in [6, 6.07) is 10.5. The molecule has 2 aromatic rings. The van der Waals surface area contributed by atoms with Crippen LogP contribution in [0, 0.1) is 0 Å². The number of hydrogen-bond donors (Lipinski definition) is 2. The van der Waals surface area contributed by atoms with Crippen molar-refractivity contribution in [3.8, 4) is 5.75 Å². The minimum Gasteiger partial charge on any atom is -0.497 e. The molecule has 2 N–H and O–H groups in total. The maximum atomic E-state index is 12.2. The molecule has 23 heavy (non-hydrogen) atoms. The molecular formula is C17H20N2O3S. The Balaban J connectivity index is 1.93. The number of nitrogens with one attached hydrogen (secondary N) is 1. The normalized spacial score (nSPS) is 11.8. The SMILES string of the molecule is CCSc1cc(C(=O)NCC(O)c2ccc(OC)cc2)ccn1. The molecule has 0 radical (unpaired) electrons. The van der Waals surface area contributed by atoms with Crippen LogP contribution in [0.5, 0.6) is 5.75 Å². The third-order valence-corrected chi connectivity index (χ3v) is 4.05. The van der Waals surface area contributed by atoms with Gasteiger partial charge in [0.15, 0.2) is 0 Å². The summed E-state index contributed by atoms with van der Waals surface area (Å²) >= 11 is 1.58. The fraction of sp³-hybridized carbons (Fsp3) is 0.294. The zero-order valence-corrected chi connectivity index (χ0v) is 14.0. The molecule has 1 atom stereocenters. The Bertz CT molecular complexity index is 647. The first-order chi connectivity index (χ1) is 11.1. The van der Waals surface area contributed by atoms with Gasteiger partial charge in [-0.15, -0.1) is 11.8 Å². The molecule has 1 amide bonds. The monoisotopic (exact) mass is 332 g/mol. The summed E-state index contributed by atoms with van der Waals surface area (Å²) in [5.74, 6) is 1.40. The standard InChI is InChI=1S/C17H20N2O3S/c1-3-23-16-10-13(8-9-18-16)17(21)19-11-15(20)12-4-6-14(22-2)7-5-12/h4-10,15,20H,3,11H2,1-2H3,(H,19,21). The van der Waals surface area contributed by atoms with Gasteiger partial charge in [0, 0.05) is 18.3 Å². The molecule has 1 aromatic carbocycles. The number of nitrogens with zero attached hydrogens (tertiary/aromatic N) is 1. The second-order valence-corrected chi connectivity index (χ2v) is 6.10. The van der Waals surface area contributed by atoms with Crippen LogP contribution in [0.25, 0.3) is 0 Å². The molecule has 0 saturated carbocycles. The van der Waals surface area contributed by atoms with Gasteiger partial charge in [-0.05, 0) is 35.6 Å². The number of aliphatic hydroxyl groups excluding tert-OH is 1. The van der Waals surface area contributed by atoms with Crippen molar-refractivity contribution >= 4 is 17.7 Å². The van der Waals surface area contributed by atoms with Crippen molar-refractivity contribution in [2.75, 3.05) is 19.4 Å². The van der Waals surface area contributed by atoms with E-state index in [1.807, 2.05) is 6.92 Å². The number of thioether (sulfide) groups is 1. The minimum absolute atomic E-state index is 0.143. The van der Waals surface area contributed by atoms with Gasteiger partial charge in [-0.25, -0.2) is 4.98 Å². The number of aromatic nitrogens is 1. The number of benzene rings is 1. The molecule has 0 bridgehead atoms. The summed E-state index contributed by atoms with van der Waals surface area (Å²) < 4.78 is 5.08. The third-order valence-electron chi connectivity index (χ3n) is 3.25. The Morgan fingerprint density at radius 3 is 2.74 bits per heavy atom. The molecule has 2 rings (SSSR count). The third kappa shape index (κ3) is 4.97. The lowest BCUT2D eigenvalue weighted by molar-refractivity contribution is 0.0916. The number of rotatable bonds is 7. The van der Waals surface area contributed by atoms with E-state index in [0.717, 1.165) is 22.1 Å². The fourth-order valence-electron chi connectivity index (χ4n) is 2.01. The van der Waals surface area contributed by atoms with Crippen LogP contribution in [0.1, 0.15) is 28.9 Å². The van der Waals surface area contributed by atoms with E-state index in [1.165, 1.54) is 0 Å². The van der Waals surface area contributed by atoms with Gasteiger partial charge in [-0.1, -0.05) is 19.1 Å². The van der Waals surface area contributed by atoms with Gasteiger partial charge in [0.2, 0.25) is 0 Å². The minimum atomic E-state index is -0.767. The second kappa shape index (κ2) is 8.55. The lowest BCUT2D eigenvalue weighted by Crippen LogP contribution is -2.28. The highest BCUT2D eigenvalue weighted by Gasteiger charge is 2.11. The molecule has 122 valence electrons. The fourth-order valence-corrected chi connectivity index (χ4v) is 2.65. The summed E-state index contributed by atoms with van der Waals surface area (Å²) in [5, 5.41) is 13.7. The molecular weight excluding hydrogens is 312 g/mol. The summed E-state index contributed by atoms with van der Waals surface area (Å²) in [4.78, 5) is 16.4. The molecule has 1 aromatic heterocycles. The molecule has 0 saturated heterocycles. The Morgan fingerprint density at radius 1 is 1.35 bits per heavy atom. The summed E-state index contributed by atoms with van der Waals surface area (Å²) in [6.45, 7) is 2.17. The average molecular weight is 332 g/mol. The van der Waals surface area contributed by atoms with Crippen molar-refractivity contribution in [2.45, 2.75) is 18.1 Å². The first-order valence-electron chi connectivity index (χ1n) is 7.33. The van der Waals surface area contributed by atoms with E-state index in [4.69, 9.17) is 4.74 Å². The predicted octanol–water partition coefficient (Wildman–Crippen LogP) is 2.67. The van der Waals surface area contributed by atoms with Crippen molar-refractivity contribution in [3.05, 3.63) is 53.7 Å². The van der Waals surface area contributed by atoms with E-state index < -0.39 is 6.10 Å².